The highest BCUT2D eigenvalue weighted by atomic mass is 79.9. The van der Waals surface area contributed by atoms with Crippen LogP contribution in [0.15, 0.2) is 51.9 Å². The van der Waals surface area contributed by atoms with Crippen molar-refractivity contribution < 1.29 is 9.53 Å². The number of carbonyl (C=O) groups is 1. The summed E-state index contributed by atoms with van der Waals surface area (Å²) in [6.45, 7) is 4.20. The van der Waals surface area contributed by atoms with Crippen molar-refractivity contribution in [3.8, 4) is 5.75 Å². The predicted octanol–water partition coefficient (Wildman–Crippen LogP) is 4.85. The number of ether oxygens (including phenoxy) is 1. The molecule has 0 atom stereocenters. The molecule has 0 amide bonds. The fraction of sp³-hybridized carbons (Fsp3) is 0.300. The van der Waals surface area contributed by atoms with E-state index in [4.69, 9.17) is 9.73 Å². The van der Waals surface area contributed by atoms with Crippen LogP contribution < -0.4 is 4.74 Å². The monoisotopic (exact) mass is 385 g/mol. The fourth-order valence-corrected chi connectivity index (χ4v) is 3.59. The van der Waals surface area contributed by atoms with Crippen LogP contribution in [-0.2, 0) is 6.42 Å². The predicted molar refractivity (Wildman–Crippen MR) is 100 cm³/mol. The van der Waals surface area contributed by atoms with E-state index in [0.29, 0.717) is 11.3 Å². The van der Waals surface area contributed by atoms with Crippen molar-refractivity contribution in [3.63, 3.8) is 0 Å². The Morgan fingerprint density at radius 1 is 1.25 bits per heavy atom. The average molecular weight is 386 g/mol. The first kappa shape index (κ1) is 16.9. The molecule has 0 bridgehead atoms. The van der Waals surface area contributed by atoms with E-state index in [9.17, 15) is 4.79 Å². The molecule has 0 saturated carbocycles. The molecule has 1 aliphatic rings. The van der Waals surface area contributed by atoms with Gasteiger partial charge in [-0.3, -0.25) is 9.79 Å². The van der Waals surface area contributed by atoms with Gasteiger partial charge in [0.25, 0.3) is 0 Å². The first-order valence-electron chi connectivity index (χ1n) is 7.93. The summed E-state index contributed by atoms with van der Waals surface area (Å²) in [6.07, 6.45) is 1.15. The zero-order chi connectivity index (χ0) is 17.3. The molecule has 0 spiro atoms. The molecule has 3 nitrogen and oxygen atoms in total. The van der Waals surface area contributed by atoms with Gasteiger partial charge in [0.05, 0.1) is 30.3 Å². The van der Waals surface area contributed by atoms with Gasteiger partial charge in [-0.05, 0) is 55.7 Å². The molecule has 3 rings (SSSR count). The van der Waals surface area contributed by atoms with Crippen LogP contribution in [0.4, 0.5) is 0 Å². The Morgan fingerprint density at radius 2 is 2.00 bits per heavy atom. The number of halogens is 1. The van der Waals surface area contributed by atoms with E-state index < -0.39 is 0 Å². The van der Waals surface area contributed by atoms with E-state index in [0.717, 1.165) is 22.2 Å². The summed E-state index contributed by atoms with van der Waals surface area (Å²) in [4.78, 5) is 17.7. The highest BCUT2D eigenvalue weighted by Gasteiger charge is 2.28. The molecule has 0 aromatic heterocycles. The van der Waals surface area contributed by atoms with Crippen LogP contribution in [0.25, 0.3) is 0 Å². The number of nitrogens with zero attached hydrogens (tertiary/aromatic N) is 1. The molecule has 124 valence electrons. The third kappa shape index (κ3) is 3.44. The average Bonchev–Trinajstić information content (AvgIpc) is 2.53. The fourth-order valence-electron chi connectivity index (χ4n) is 3.18. The van der Waals surface area contributed by atoms with Crippen molar-refractivity contribution in [2.45, 2.75) is 32.2 Å². The maximum Gasteiger partial charge on any atom is 0.172 e. The number of para-hydroxylation sites is 1. The lowest BCUT2D eigenvalue weighted by atomic mass is 9.85. The Balaban J connectivity index is 1.97. The molecule has 24 heavy (non-hydrogen) atoms. The van der Waals surface area contributed by atoms with Crippen LogP contribution in [0.2, 0.25) is 0 Å². The van der Waals surface area contributed by atoms with Gasteiger partial charge in [0.1, 0.15) is 5.75 Å². The van der Waals surface area contributed by atoms with E-state index >= 15 is 0 Å². The van der Waals surface area contributed by atoms with Crippen LogP contribution in [0, 0.1) is 0 Å². The summed E-state index contributed by atoms with van der Waals surface area (Å²) in [7, 11) is 1.58. The molecule has 2 aromatic rings. The van der Waals surface area contributed by atoms with Gasteiger partial charge in [-0.25, -0.2) is 0 Å². The van der Waals surface area contributed by atoms with Gasteiger partial charge < -0.3 is 4.74 Å². The Hall–Kier alpha value is -1.94. The topological polar surface area (TPSA) is 38.7 Å². The third-order valence-corrected chi connectivity index (χ3v) is 4.67. The van der Waals surface area contributed by atoms with Crippen LogP contribution in [0.3, 0.4) is 0 Å². The molecular formula is C20H20BrNO2. The normalized spacial score (nSPS) is 15.4. The maximum absolute atomic E-state index is 12.8. The molecule has 1 heterocycles. The minimum atomic E-state index is -0.204. The van der Waals surface area contributed by atoms with Crippen molar-refractivity contribution >= 4 is 27.4 Å². The van der Waals surface area contributed by atoms with E-state index in [1.54, 1.807) is 13.2 Å². The second kappa shape index (κ2) is 6.52. The van der Waals surface area contributed by atoms with Crippen molar-refractivity contribution in [2.75, 3.05) is 7.11 Å². The van der Waals surface area contributed by atoms with Gasteiger partial charge in [0.15, 0.2) is 5.78 Å². The lowest BCUT2D eigenvalue weighted by molar-refractivity contribution is 0.0997. The number of rotatable bonds is 4. The molecule has 0 fully saturated rings. The molecular weight excluding hydrogens is 366 g/mol. The largest absolute Gasteiger partial charge is 0.496 e. The minimum absolute atomic E-state index is 0.0257. The Kier molecular flexibility index (Phi) is 4.59. The molecule has 1 aliphatic heterocycles. The number of hydrogen-bond acceptors (Lipinski definition) is 3. The SMILES string of the molecule is COc1ccccc1C(=O)CC1=NC(C)(C)Cc2cc(Br)ccc21. The molecule has 4 heteroatoms. The van der Waals surface area contributed by atoms with Gasteiger partial charge >= 0.3 is 0 Å². The Morgan fingerprint density at radius 3 is 2.75 bits per heavy atom. The Labute approximate surface area is 150 Å². The van der Waals surface area contributed by atoms with Crippen LogP contribution in [-0.4, -0.2) is 24.1 Å². The molecule has 2 aromatic carbocycles. The lowest BCUT2D eigenvalue weighted by Gasteiger charge is -2.29. The summed E-state index contributed by atoms with van der Waals surface area (Å²) in [6, 6.07) is 13.5. The third-order valence-electron chi connectivity index (χ3n) is 4.17. The van der Waals surface area contributed by atoms with Gasteiger partial charge in [-0.15, -0.1) is 0 Å². The second-order valence-electron chi connectivity index (χ2n) is 6.65. The summed E-state index contributed by atoms with van der Waals surface area (Å²) < 4.78 is 6.37. The number of fused-ring (bicyclic) bond motifs is 1. The first-order valence-corrected chi connectivity index (χ1v) is 8.73. The van der Waals surface area contributed by atoms with Crippen molar-refractivity contribution in [3.05, 3.63) is 63.6 Å². The van der Waals surface area contributed by atoms with Crippen LogP contribution in [0.5, 0.6) is 5.75 Å². The quantitative estimate of drug-likeness (QED) is 0.705. The summed E-state index contributed by atoms with van der Waals surface area (Å²) in [5.41, 5.74) is 3.55. The number of carbonyl (C=O) groups excluding carboxylic acids is 1. The molecule has 0 unspecified atom stereocenters. The summed E-state index contributed by atoms with van der Waals surface area (Å²) >= 11 is 3.53. The molecule has 0 N–H and O–H groups in total. The van der Waals surface area contributed by atoms with Gasteiger partial charge in [-0.2, -0.15) is 0 Å². The number of Topliss-reactive ketones (excluding diaryl/α,β-unsaturated/α-hetero) is 1. The van der Waals surface area contributed by atoms with Crippen LogP contribution >= 0.6 is 15.9 Å². The van der Waals surface area contributed by atoms with E-state index in [1.165, 1.54) is 5.56 Å². The van der Waals surface area contributed by atoms with E-state index in [2.05, 4.69) is 35.8 Å². The highest BCUT2D eigenvalue weighted by Crippen LogP contribution is 2.31. The van der Waals surface area contributed by atoms with E-state index in [-0.39, 0.29) is 17.7 Å². The number of ketones is 1. The van der Waals surface area contributed by atoms with Gasteiger partial charge in [-0.1, -0.05) is 34.1 Å². The smallest absolute Gasteiger partial charge is 0.172 e. The molecule has 0 radical (unpaired) electrons. The van der Waals surface area contributed by atoms with Crippen molar-refractivity contribution in [2.24, 2.45) is 4.99 Å². The number of aliphatic imine (C=N–C) groups is 1. The second-order valence-corrected chi connectivity index (χ2v) is 7.57. The van der Waals surface area contributed by atoms with Crippen LogP contribution in [0.1, 0.15) is 41.8 Å². The zero-order valence-electron chi connectivity index (χ0n) is 14.1. The number of hydrogen-bond donors (Lipinski definition) is 0. The zero-order valence-corrected chi connectivity index (χ0v) is 15.7. The van der Waals surface area contributed by atoms with Gasteiger partial charge in [0, 0.05) is 4.47 Å². The summed E-state index contributed by atoms with van der Waals surface area (Å²) in [5, 5.41) is 0. The Bertz CT molecular complexity index is 824. The molecule has 0 aliphatic carbocycles. The number of methoxy groups -OCH3 is 1. The van der Waals surface area contributed by atoms with E-state index in [1.807, 2.05) is 30.3 Å². The maximum atomic E-state index is 12.8. The highest BCUT2D eigenvalue weighted by molar-refractivity contribution is 9.10. The standard InChI is InChI=1S/C20H20BrNO2/c1-20(2)12-13-10-14(21)8-9-15(13)17(22-20)11-18(23)16-6-4-5-7-19(16)24-3/h4-10H,11-12H2,1-3H3. The lowest BCUT2D eigenvalue weighted by Crippen LogP contribution is -2.30. The first-order chi connectivity index (χ1) is 11.4. The van der Waals surface area contributed by atoms with Gasteiger partial charge in [0.2, 0.25) is 0 Å². The summed E-state index contributed by atoms with van der Waals surface area (Å²) in [5.74, 6) is 0.631. The van der Waals surface area contributed by atoms with Crippen molar-refractivity contribution in [1.82, 2.24) is 0 Å². The molecule has 0 saturated heterocycles. The minimum Gasteiger partial charge on any atom is -0.496 e. The van der Waals surface area contributed by atoms with Crippen molar-refractivity contribution in [1.29, 1.82) is 0 Å². The number of benzene rings is 2.